The van der Waals surface area contributed by atoms with Gasteiger partial charge in [-0.15, -0.1) is 0 Å². The zero-order valence-corrected chi connectivity index (χ0v) is 13.4. The summed E-state index contributed by atoms with van der Waals surface area (Å²) in [4.78, 5) is 17.0. The lowest BCUT2D eigenvalue weighted by Crippen LogP contribution is -2.41. The first-order chi connectivity index (χ1) is 11.2. The highest BCUT2D eigenvalue weighted by Crippen LogP contribution is 2.16. The Bertz CT molecular complexity index is 810. The quantitative estimate of drug-likeness (QED) is 0.737. The first kappa shape index (κ1) is 15.1. The molecule has 5 heteroatoms. The molecule has 0 radical (unpaired) electrons. The number of hydrazine groups is 1. The van der Waals surface area contributed by atoms with Crippen molar-refractivity contribution in [1.29, 1.82) is 0 Å². The van der Waals surface area contributed by atoms with Crippen LogP contribution in [0.4, 0.5) is 5.69 Å². The highest BCUT2D eigenvalue weighted by molar-refractivity contribution is 5.82. The molecule has 0 atom stereocenters. The summed E-state index contributed by atoms with van der Waals surface area (Å²) in [6, 6.07) is 17.6. The van der Waals surface area contributed by atoms with E-state index in [0.29, 0.717) is 0 Å². The van der Waals surface area contributed by atoms with Gasteiger partial charge in [0, 0.05) is 13.5 Å². The maximum absolute atomic E-state index is 12.4. The smallest absolute Gasteiger partial charge is 0.258 e. The minimum absolute atomic E-state index is 0.0748. The molecule has 0 bridgehead atoms. The number of anilines is 1. The van der Waals surface area contributed by atoms with Crippen LogP contribution in [0.15, 0.2) is 54.6 Å². The molecule has 1 aromatic heterocycles. The summed E-state index contributed by atoms with van der Waals surface area (Å²) in [5, 5.41) is 1.73. The van der Waals surface area contributed by atoms with E-state index in [1.807, 2.05) is 73.1 Å². The lowest BCUT2D eigenvalue weighted by atomic mass is 10.3. The maximum Gasteiger partial charge on any atom is 0.258 e. The molecule has 2 aromatic carbocycles. The summed E-state index contributed by atoms with van der Waals surface area (Å²) in [6.45, 7) is 2.30. The number of imidazole rings is 1. The van der Waals surface area contributed by atoms with E-state index in [0.717, 1.165) is 29.0 Å². The number of hydrogen-bond donors (Lipinski definition) is 1. The van der Waals surface area contributed by atoms with Crippen molar-refractivity contribution in [3.63, 3.8) is 0 Å². The van der Waals surface area contributed by atoms with Gasteiger partial charge >= 0.3 is 0 Å². The highest BCUT2D eigenvalue weighted by Gasteiger charge is 2.13. The normalized spacial score (nSPS) is 10.7. The van der Waals surface area contributed by atoms with Gasteiger partial charge in [0.25, 0.3) is 5.91 Å². The van der Waals surface area contributed by atoms with E-state index in [-0.39, 0.29) is 12.5 Å². The predicted molar refractivity (Wildman–Crippen MR) is 92.1 cm³/mol. The van der Waals surface area contributed by atoms with Crippen LogP contribution in [0.25, 0.3) is 11.0 Å². The van der Waals surface area contributed by atoms with Crippen LogP contribution in [0.2, 0.25) is 0 Å². The number of rotatable bonds is 5. The van der Waals surface area contributed by atoms with Crippen molar-refractivity contribution in [3.8, 4) is 0 Å². The first-order valence-corrected chi connectivity index (χ1v) is 7.71. The van der Waals surface area contributed by atoms with Gasteiger partial charge in [-0.25, -0.2) is 4.98 Å². The Kier molecular flexibility index (Phi) is 4.28. The summed E-state index contributed by atoms with van der Waals surface area (Å²) < 4.78 is 1.98. The van der Waals surface area contributed by atoms with E-state index < -0.39 is 0 Å². The minimum atomic E-state index is -0.0748. The van der Waals surface area contributed by atoms with Crippen LogP contribution < -0.4 is 10.4 Å². The molecule has 0 saturated carbocycles. The standard InChI is InChI=1S/C18H20N4O/c1-3-17-19-15-11-7-8-12-16(15)22(17)13-18(23)20-21(2)14-9-5-4-6-10-14/h4-12H,3,13H2,1-2H3,(H,20,23). The van der Waals surface area contributed by atoms with E-state index in [9.17, 15) is 4.79 Å². The fraction of sp³-hybridized carbons (Fsp3) is 0.222. The average molecular weight is 308 g/mol. The Morgan fingerprint density at radius 2 is 1.83 bits per heavy atom. The van der Waals surface area contributed by atoms with Crippen LogP contribution in [-0.2, 0) is 17.8 Å². The fourth-order valence-corrected chi connectivity index (χ4v) is 2.65. The van der Waals surface area contributed by atoms with Crippen LogP contribution in [0.3, 0.4) is 0 Å². The summed E-state index contributed by atoms with van der Waals surface area (Å²) in [5.41, 5.74) is 5.75. The predicted octanol–water partition coefficient (Wildman–Crippen LogP) is 2.77. The van der Waals surface area contributed by atoms with Crippen LogP contribution >= 0.6 is 0 Å². The van der Waals surface area contributed by atoms with Gasteiger partial charge in [-0.05, 0) is 24.3 Å². The molecule has 23 heavy (non-hydrogen) atoms. The number of amides is 1. The van der Waals surface area contributed by atoms with E-state index >= 15 is 0 Å². The molecular weight excluding hydrogens is 288 g/mol. The second-order valence-electron chi connectivity index (χ2n) is 5.39. The molecule has 0 aliphatic carbocycles. The number of nitrogens with one attached hydrogen (secondary N) is 1. The van der Waals surface area contributed by atoms with Gasteiger partial charge < -0.3 is 4.57 Å². The number of nitrogens with zero attached hydrogens (tertiary/aromatic N) is 3. The van der Waals surface area contributed by atoms with Crippen molar-refractivity contribution >= 4 is 22.6 Å². The Morgan fingerprint density at radius 3 is 2.57 bits per heavy atom. The number of carbonyl (C=O) groups is 1. The maximum atomic E-state index is 12.4. The molecule has 0 saturated heterocycles. The van der Waals surface area contributed by atoms with E-state index in [1.54, 1.807) is 5.01 Å². The molecule has 0 spiro atoms. The second-order valence-corrected chi connectivity index (χ2v) is 5.39. The van der Waals surface area contributed by atoms with Gasteiger partial charge in [0.2, 0.25) is 0 Å². The molecule has 118 valence electrons. The number of carbonyl (C=O) groups excluding carboxylic acids is 1. The summed E-state index contributed by atoms with van der Waals surface area (Å²) in [5.74, 6) is 0.845. The average Bonchev–Trinajstić information content (AvgIpc) is 2.93. The summed E-state index contributed by atoms with van der Waals surface area (Å²) >= 11 is 0. The van der Waals surface area contributed by atoms with Crippen molar-refractivity contribution in [2.24, 2.45) is 0 Å². The number of aromatic nitrogens is 2. The Hall–Kier alpha value is -2.82. The van der Waals surface area contributed by atoms with Crippen LogP contribution in [0.1, 0.15) is 12.7 Å². The molecule has 0 fully saturated rings. The molecule has 0 aliphatic heterocycles. The number of fused-ring (bicyclic) bond motifs is 1. The molecule has 1 heterocycles. The lowest BCUT2D eigenvalue weighted by Gasteiger charge is -2.20. The van der Waals surface area contributed by atoms with E-state index in [1.165, 1.54) is 0 Å². The topological polar surface area (TPSA) is 50.2 Å². The molecular formula is C18H20N4O. The van der Waals surface area contributed by atoms with Crippen molar-refractivity contribution in [2.45, 2.75) is 19.9 Å². The lowest BCUT2D eigenvalue weighted by molar-refractivity contribution is -0.121. The van der Waals surface area contributed by atoms with Crippen molar-refractivity contribution in [1.82, 2.24) is 15.0 Å². The largest absolute Gasteiger partial charge is 0.318 e. The van der Waals surface area contributed by atoms with Gasteiger partial charge in [0.15, 0.2) is 0 Å². The summed E-state index contributed by atoms with van der Waals surface area (Å²) in [6.07, 6.45) is 0.788. The fourth-order valence-electron chi connectivity index (χ4n) is 2.65. The van der Waals surface area contributed by atoms with Crippen molar-refractivity contribution in [3.05, 3.63) is 60.4 Å². The Morgan fingerprint density at radius 1 is 1.13 bits per heavy atom. The third-order valence-electron chi connectivity index (χ3n) is 3.79. The Balaban J connectivity index is 1.78. The van der Waals surface area contributed by atoms with Gasteiger partial charge in [-0.3, -0.25) is 15.2 Å². The zero-order chi connectivity index (χ0) is 16.2. The van der Waals surface area contributed by atoms with E-state index in [2.05, 4.69) is 10.4 Å². The van der Waals surface area contributed by atoms with Crippen molar-refractivity contribution < 1.29 is 4.79 Å². The number of aryl methyl sites for hydroxylation is 1. The molecule has 0 unspecified atom stereocenters. The molecule has 0 aliphatic rings. The van der Waals surface area contributed by atoms with Gasteiger partial charge in [-0.1, -0.05) is 37.3 Å². The number of para-hydroxylation sites is 3. The van der Waals surface area contributed by atoms with Gasteiger partial charge in [-0.2, -0.15) is 0 Å². The first-order valence-electron chi connectivity index (χ1n) is 7.71. The third kappa shape index (κ3) is 3.18. The molecule has 1 amide bonds. The second kappa shape index (κ2) is 6.52. The highest BCUT2D eigenvalue weighted by atomic mass is 16.2. The van der Waals surface area contributed by atoms with Crippen LogP contribution in [-0.4, -0.2) is 22.5 Å². The van der Waals surface area contributed by atoms with E-state index in [4.69, 9.17) is 0 Å². The molecule has 3 aromatic rings. The number of hydrogen-bond acceptors (Lipinski definition) is 3. The SMILES string of the molecule is CCc1nc2ccccc2n1CC(=O)NN(C)c1ccccc1. The van der Waals surface area contributed by atoms with Crippen LogP contribution in [0.5, 0.6) is 0 Å². The molecule has 3 rings (SSSR count). The zero-order valence-electron chi connectivity index (χ0n) is 13.4. The van der Waals surface area contributed by atoms with Gasteiger partial charge in [0.05, 0.1) is 16.7 Å². The molecule has 1 N–H and O–H groups in total. The summed E-state index contributed by atoms with van der Waals surface area (Å²) in [7, 11) is 1.83. The monoisotopic (exact) mass is 308 g/mol. The van der Waals surface area contributed by atoms with Crippen LogP contribution in [0, 0.1) is 0 Å². The minimum Gasteiger partial charge on any atom is -0.318 e. The third-order valence-corrected chi connectivity index (χ3v) is 3.79. The van der Waals surface area contributed by atoms with Gasteiger partial charge in [0.1, 0.15) is 12.4 Å². The molecule has 5 nitrogen and oxygen atoms in total. The van der Waals surface area contributed by atoms with Crippen molar-refractivity contribution in [2.75, 3.05) is 12.1 Å². The number of benzene rings is 2. The Labute approximate surface area is 135 Å².